The Balaban J connectivity index is 2.85. The number of ether oxygens (including phenoxy) is 1. The molecule has 2 unspecified atom stereocenters. The van der Waals surface area contributed by atoms with Crippen LogP contribution in [-0.2, 0) is 19.4 Å². The molecule has 0 saturated carbocycles. The highest BCUT2D eigenvalue weighted by atomic mass is 32.3. The van der Waals surface area contributed by atoms with Crippen molar-refractivity contribution in [3.05, 3.63) is 12.7 Å². The van der Waals surface area contributed by atoms with Crippen LogP contribution in [0.5, 0.6) is 0 Å². The molecular weight excluding hydrogens is 342 g/mol. The molecule has 1 saturated heterocycles. The monoisotopic (exact) mass is 359 g/mol. The maximum atomic E-state index is 10.5. The standard InChI is InChI=1S/C10H17NO9S2/c1-2-3-6(11-20-22(16,17)18)21-10-9(15)8(14)7(13)5(4-12)19-10/h2,5,7-10,12-15H,1,3-4H2,(H,16,17,18)/b11-6-/t5?,7-,8?,9+,10+/m1/s1. The molecule has 0 aromatic rings. The summed E-state index contributed by atoms with van der Waals surface area (Å²) >= 11 is 0.688. The number of hydrogen-bond acceptors (Lipinski definition) is 10. The normalized spacial score (nSPS) is 33.5. The molecule has 0 spiro atoms. The van der Waals surface area contributed by atoms with E-state index in [0.717, 1.165) is 0 Å². The van der Waals surface area contributed by atoms with Crippen LogP contribution < -0.4 is 0 Å². The molecule has 1 rings (SSSR count). The molecule has 0 bridgehead atoms. The molecule has 0 aromatic heterocycles. The largest absolute Gasteiger partial charge is 0.466 e. The quantitative estimate of drug-likeness (QED) is 0.120. The lowest BCUT2D eigenvalue weighted by atomic mass is 10.0. The van der Waals surface area contributed by atoms with E-state index in [-0.39, 0.29) is 11.5 Å². The second kappa shape index (κ2) is 8.21. The molecule has 22 heavy (non-hydrogen) atoms. The molecular formula is C10H17NO9S2. The van der Waals surface area contributed by atoms with Gasteiger partial charge in [0.2, 0.25) is 0 Å². The number of aliphatic hydroxyl groups is 4. The second-order valence-electron chi connectivity index (χ2n) is 4.30. The van der Waals surface area contributed by atoms with Gasteiger partial charge in [0, 0.05) is 6.42 Å². The first-order valence-electron chi connectivity index (χ1n) is 6.00. The Bertz CT molecular complexity index is 507. The number of allylic oxidation sites excluding steroid dienone is 1. The van der Waals surface area contributed by atoms with Gasteiger partial charge in [-0.15, -0.1) is 6.58 Å². The lowest BCUT2D eigenvalue weighted by molar-refractivity contribution is -0.205. The van der Waals surface area contributed by atoms with Crippen LogP contribution in [0, 0.1) is 0 Å². The van der Waals surface area contributed by atoms with Gasteiger partial charge in [0.1, 0.15) is 34.9 Å². The fourth-order valence-corrected chi connectivity index (χ4v) is 2.91. The highest BCUT2D eigenvalue weighted by Crippen LogP contribution is 2.30. The van der Waals surface area contributed by atoms with Gasteiger partial charge in [0.05, 0.1) is 6.61 Å². The molecule has 1 fully saturated rings. The zero-order valence-corrected chi connectivity index (χ0v) is 12.9. The van der Waals surface area contributed by atoms with E-state index in [1.165, 1.54) is 6.08 Å². The summed E-state index contributed by atoms with van der Waals surface area (Å²) in [7, 11) is -4.79. The minimum Gasteiger partial charge on any atom is -0.394 e. The summed E-state index contributed by atoms with van der Waals surface area (Å²) < 4.78 is 38.5. The van der Waals surface area contributed by atoms with E-state index in [4.69, 9.17) is 14.4 Å². The van der Waals surface area contributed by atoms with Crippen molar-refractivity contribution in [3.8, 4) is 0 Å². The van der Waals surface area contributed by atoms with E-state index in [2.05, 4.69) is 16.0 Å². The summed E-state index contributed by atoms with van der Waals surface area (Å²) in [6.45, 7) is 2.82. The van der Waals surface area contributed by atoms with Gasteiger partial charge in [0.15, 0.2) is 0 Å². The zero-order chi connectivity index (χ0) is 16.9. The summed E-state index contributed by atoms with van der Waals surface area (Å²) in [5.74, 6) is 0. The first-order chi connectivity index (χ1) is 10.2. The van der Waals surface area contributed by atoms with Gasteiger partial charge < -0.3 is 25.2 Å². The summed E-state index contributed by atoms with van der Waals surface area (Å²) in [6, 6.07) is 0. The van der Waals surface area contributed by atoms with Gasteiger partial charge in [0.25, 0.3) is 0 Å². The minimum absolute atomic E-state index is 0.0230. The fraction of sp³-hybridized carbons (Fsp3) is 0.700. The van der Waals surface area contributed by atoms with Gasteiger partial charge in [-0.1, -0.05) is 23.0 Å². The highest BCUT2D eigenvalue weighted by Gasteiger charge is 2.44. The summed E-state index contributed by atoms with van der Waals surface area (Å²) in [4.78, 5) is 0. The first kappa shape index (κ1) is 19.3. The molecule has 12 heteroatoms. The van der Waals surface area contributed by atoms with E-state index in [1.807, 2.05) is 0 Å². The molecule has 1 heterocycles. The van der Waals surface area contributed by atoms with E-state index in [9.17, 15) is 23.7 Å². The average Bonchev–Trinajstić information content (AvgIpc) is 2.44. The van der Waals surface area contributed by atoms with Crippen molar-refractivity contribution in [1.82, 2.24) is 0 Å². The Morgan fingerprint density at radius 2 is 1.95 bits per heavy atom. The summed E-state index contributed by atoms with van der Waals surface area (Å²) in [5, 5.41) is 41.3. The van der Waals surface area contributed by atoms with E-state index in [0.29, 0.717) is 11.8 Å². The second-order valence-corrected chi connectivity index (χ2v) is 6.47. The third-order valence-corrected chi connectivity index (χ3v) is 4.05. The molecule has 5 atom stereocenters. The third kappa shape index (κ3) is 5.48. The SMILES string of the molecule is C=CC/C(=N/OS(=O)(=O)O)S[C@@H]1OC(CO)[C@@H](O)C(O)[C@@H]1O. The van der Waals surface area contributed by atoms with Crippen LogP contribution in [0.15, 0.2) is 17.8 Å². The number of rotatable bonds is 6. The maximum Gasteiger partial charge on any atom is 0.466 e. The van der Waals surface area contributed by atoms with Crippen molar-refractivity contribution in [2.45, 2.75) is 36.3 Å². The van der Waals surface area contributed by atoms with Crippen molar-refractivity contribution in [2.24, 2.45) is 5.16 Å². The lowest BCUT2D eigenvalue weighted by Gasteiger charge is -2.39. The Kier molecular flexibility index (Phi) is 7.21. The highest BCUT2D eigenvalue weighted by molar-refractivity contribution is 8.14. The van der Waals surface area contributed by atoms with Gasteiger partial charge in [-0.25, -0.2) is 4.28 Å². The predicted octanol–water partition coefficient (Wildman–Crippen LogP) is -1.77. The number of oxime groups is 1. The van der Waals surface area contributed by atoms with Crippen LogP contribution >= 0.6 is 11.8 Å². The van der Waals surface area contributed by atoms with Crippen molar-refractivity contribution >= 4 is 27.2 Å². The van der Waals surface area contributed by atoms with Crippen molar-refractivity contribution < 1.29 is 42.4 Å². The van der Waals surface area contributed by atoms with Crippen LogP contribution in [0.25, 0.3) is 0 Å². The number of nitrogens with zero attached hydrogens (tertiary/aromatic N) is 1. The molecule has 1 aliphatic rings. The van der Waals surface area contributed by atoms with Crippen LogP contribution in [0.2, 0.25) is 0 Å². The zero-order valence-electron chi connectivity index (χ0n) is 11.2. The molecule has 128 valence electrons. The Morgan fingerprint density at radius 3 is 2.45 bits per heavy atom. The van der Waals surface area contributed by atoms with Crippen LogP contribution in [0.4, 0.5) is 0 Å². The van der Waals surface area contributed by atoms with Gasteiger partial charge in [-0.2, -0.15) is 8.42 Å². The molecule has 10 nitrogen and oxygen atoms in total. The molecule has 1 aliphatic heterocycles. The molecule has 0 aromatic carbocycles. The number of hydrogen-bond donors (Lipinski definition) is 5. The van der Waals surface area contributed by atoms with Crippen LogP contribution in [-0.4, -0.2) is 74.9 Å². The molecule has 0 radical (unpaired) electrons. The topological polar surface area (TPSA) is 166 Å². The average molecular weight is 359 g/mol. The minimum atomic E-state index is -4.79. The van der Waals surface area contributed by atoms with Gasteiger partial charge >= 0.3 is 10.4 Å². The fourth-order valence-electron chi connectivity index (χ4n) is 1.62. The Hall–Kier alpha value is -0.730. The molecule has 5 N–H and O–H groups in total. The molecule has 0 amide bonds. The van der Waals surface area contributed by atoms with Crippen molar-refractivity contribution in [3.63, 3.8) is 0 Å². The lowest BCUT2D eigenvalue weighted by Crippen LogP contribution is -2.57. The predicted molar refractivity (Wildman–Crippen MR) is 76.2 cm³/mol. The first-order valence-corrected chi connectivity index (χ1v) is 8.25. The third-order valence-electron chi connectivity index (χ3n) is 2.65. The smallest absolute Gasteiger partial charge is 0.394 e. The summed E-state index contributed by atoms with van der Waals surface area (Å²) in [5.41, 5.74) is -1.15. The number of thioether (sulfide) groups is 1. The van der Waals surface area contributed by atoms with E-state index in [1.54, 1.807) is 0 Å². The number of aliphatic hydroxyl groups excluding tert-OH is 4. The molecule has 0 aliphatic carbocycles. The van der Waals surface area contributed by atoms with E-state index >= 15 is 0 Å². The summed E-state index contributed by atoms with van der Waals surface area (Å²) in [6.07, 6.45) is -4.34. The van der Waals surface area contributed by atoms with Gasteiger partial charge in [-0.05, 0) is 0 Å². The van der Waals surface area contributed by atoms with E-state index < -0.39 is 46.9 Å². The van der Waals surface area contributed by atoms with Crippen molar-refractivity contribution in [2.75, 3.05) is 6.61 Å². The van der Waals surface area contributed by atoms with Crippen LogP contribution in [0.3, 0.4) is 0 Å². The van der Waals surface area contributed by atoms with Gasteiger partial charge in [-0.3, -0.25) is 4.55 Å². The van der Waals surface area contributed by atoms with Crippen molar-refractivity contribution in [1.29, 1.82) is 0 Å². The van der Waals surface area contributed by atoms with Crippen LogP contribution in [0.1, 0.15) is 6.42 Å². The maximum absolute atomic E-state index is 10.5. The Morgan fingerprint density at radius 1 is 1.32 bits per heavy atom. The Labute approximate surface area is 131 Å².